The molecule has 4 aromatic rings. The van der Waals surface area contributed by atoms with E-state index in [1.807, 2.05) is 4.90 Å². The predicted molar refractivity (Wildman–Crippen MR) is 168 cm³/mol. The van der Waals surface area contributed by atoms with Crippen molar-refractivity contribution in [3.63, 3.8) is 0 Å². The van der Waals surface area contributed by atoms with Gasteiger partial charge in [0.15, 0.2) is 5.82 Å². The van der Waals surface area contributed by atoms with Crippen molar-refractivity contribution in [2.45, 2.75) is 62.8 Å². The fourth-order valence-corrected chi connectivity index (χ4v) is 7.73. The second kappa shape index (κ2) is 11.3. The Morgan fingerprint density at radius 2 is 1.93 bits per heavy atom. The minimum absolute atomic E-state index is 0.00153. The first-order chi connectivity index (χ1) is 21.7. The number of benzene rings is 2. The van der Waals surface area contributed by atoms with Gasteiger partial charge in [-0.15, -0.1) is 6.42 Å². The summed E-state index contributed by atoms with van der Waals surface area (Å²) in [5.74, 6) is 1.87. The van der Waals surface area contributed by atoms with Crippen molar-refractivity contribution in [1.29, 1.82) is 0 Å². The van der Waals surface area contributed by atoms with E-state index in [0.29, 0.717) is 59.4 Å². The molecule has 0 saturated carbocycles. The molecule has 234 valence electrons. The minimum atomic E-state index is -0.747. The topological polar surface area (TPSA) is 86.4 Å². The fourth-order valence-electron chi connectivity index (χ4n) is 7.73. The third-order valence-electron chi connectivity index (χ3n) is 9.88. The van der Waals surface area contributed by atoms with Gasteiger partial charge in [-0.25, -0.2) is 18.0 Å². The maximum Gasteiger partial charge on any atom is 0.347 e. The quantitative estimate of drug-likeness (QED) is 0.316. The lowest BCUT2D eigenvalue weighted by molar-refractivity contribution is 0.217. The number of terminal acetylenes is 1. The Morgan fingerprint density at radius 3 is 2.64 bits per heavy atom. The van der Waals surface area contributed by atoms with Crippen LogP contribution in [0.25, 0.3) is 32.9 Å². The molecule has 0 spiro atoms. The largest absolute Gasteiger partial charge is 0.497 e. The Bertz CT molecular complexity index is 1900. The molecule has 2 aromatic heterocycles. The van der Waals surface area contributed by atoms with Gasteiger partial charge in [-0.05, 0) is 69.2 Å². The summed E-state index contributed by atoms with van der Waals surface area (Å²) in [4.78, 5) is 27.9. The van der Waals surface area contributed by atoms with Crippen LogP contribution in [0.2, 0.25) is 0 Å². The van der Waals surface area contributed by atoms with E-state index >= 15 is 4.39 Å². The van der Waals surface area contributed by atoms with Crippen LogP contribution in [-0.4, -0.2) is 76.9 Å². The van der Waals surface area contributed by atoms with Crippen LogP contribution >= 0.6 is 0 Å². The number of piperazine rings is 1. The van der Waals surface area contributed by atoms with E-state index in [0.717, 1.165) is 25.8 Å². The van der Waals surface area contributed by atoms with Crippen molar-refractivity contribution in [2.24, 2.45) is 0 Å². The number of aromatic amines is 1. The van der Waals surface area contributed by atoms with Gasteiger partial charge >= 0.3 is 5.69 Å². The Balaban J connectivity index is 0.000000275. The van der Waals surface area contributed by atoms with Crippen LogP contribution in [0, 0.1) is 24.0 Å². The number of methoxy groups -OCH3 is 1. The smallest absolute Gasteiger partial charge is 0.347 e. The number of halogens is 3. The minimum Gasteiger partial charge on any atom is -0.497 e. The molecule has 4 atom stereocenters. The standard InChI is InChI=1S/C26H21F2N5O2.C8H14FN/c1-3-17-20(27)7-4-13-8-16(35-2)9-18(21(13)17)23-22(28)24-19(10-29-23)25(32-26(34)31-24)33-11-14-5-6-15(12-33)30-14;1-8-3-2-4-10(8)6-7(9)5-8/h1,4,7-10,14-15,30H,5-6,11-12H2,2H3,(H,31,32,34);7H,2-6H2,1H3/t;7-,8+/m.1/s1. The zero-order valence-corrected chi connectivity index (χ0v) is 25.3. The van der Waals surface area contributed by atoms with Crippen LogP contribution in [0.1, 0.15) is 44.6 Å². The van der Waals surface area contributed by atoms with Gasteiger partial charge in [-0.1, -0.05) is 12.0 Å². The van der Waals surface area contributed by atoms with E-state index < -0.39 is 23.5 Å². The molecule has 2 bridgehead atoms. The zero-order valence-electron chi connectivity index (χ0n) is 25.3. The summed E-state index contributed by atoms with van der Waals surface area (Å²) >= 11 is 0. The average Bonchev–Trinajstić information content (AvgIpc) is 3.65. The van der Waals surface area contributed by atoms with Crippen LogP contribution in [0.15, 0.2) is 35.3 Å². The first-order valence-electron chi connectivity index (χ1n) is 15.4. The van der Waals surface area contributed by atoms with Gasteiger partial charge < -0.3 is 19.9 Å². The van der Waals surface area contributed by atoms with Crippen molar-refractivity contribution in [2.75, 3.05) is 38.2 Å². The molecule has 4 aliphatic heterocycles. The summed E-state index contributed by atoms with van der Waals surface area (Å²) < 4.78 is 48.9. The van der Waals surface area contributed by atoms with Gasteiger partial charge in [-0.3, -0.25) is 9.88 Å². The number of aromatic nitrogens is 3. The highest BCUT2D eigenvalue weighted by Gasteiger charge is 2.44. The molecule has 0 amide bonds. The summed E-state index contributed by atoms with van der Waals surface area (Å²) in [6.07, 6.45) is 11.9. The molecule has 0 radical (unpaired) electrons. The molecule has 8 rings (SSSR count). The zero-order chi connectivity index (χ0) is 31.5. The molecular formula is C34H35F3N6O2. The highest BCUT2D eigenvalue weighted by molar-refractivity contribution is 6.03. The molecule has 4 aliphatic rings. The van der Waals surface area contributed by atoms with Gasteiger partial charge in [0.2, 0.25) is 0 Å². The highest BCUT2D eigenvalue weighted by Crippen LogP contribution is 2.40. The number of rotatable bonds is 3. The Morgan fingerprint density at radius 1 is 1.16 bits per heavy atom. The lowest BCUT2D eigenvalue weighted by Gasteiger charge is -2.34. The summed E-state index contributed by atoms with van der Waals surface area (Å²) in [6.45, 7) is 5.36. The number of hydrogen-bond donors (Lipinski definition) is 2. The molecule has 6 heterocycles. The molecule has 2 aromatic carbocycles. The third kappa shape index (κ3) is 5.20. The summed E-state index contributed by atoms with van der Waals surface area (Å²) in [5, 5.41) is 4.86. The summed E-state index contributed by atoms with van der Waals surface area (Å²) in [6, 6.07) is 6.69. The van der Waals surface area contributed by atoms with Gasteiger partial charge in [0.25, 0.3) is 0 Å². The Hall–Kier alpha value is -4.14. The van der Waals surface area contributed by atoms with Crippen molar-refractivity contribution in [3.8, 4) is 29.4 Å². The van der Waals surface area contributed by atoms with Gasteiger partial charge in [0.05, 0.1) is 23.6 Å². The number of pyridine rings is 1. The van der Waals surface area contributed by atoms with E-state index in [9.17, 15) is 13.6 Å². The van der Waals surface area contributed by atoms with Crippen LogP contribution in [0.4, 0.5) is 19.0 Å². The molecule has 8 nitrogen and oxygen atoms in total. The van der Waals surface area contributed by atoms with Crippen molar-refractivity contribution < 1.29 is 17.9 Å². The average molecular weight is 617 g/mol. The van der Waals surface area contributed by atoms with Crippen molar-refractivity contribution >= 4 is 27.5 Å². The summed E-state index contributed by atoms with van der Waals surface area (Å²) in [7, 11) is 1.48. The Kier molecular flexibility index (Phi) is 7.45. The number of hydrogen-bond acceptors (Lipinski definition) is 7. The maximum atomic E-state index is 16.1. The molecular weight excluding hydrogens is 581 g/mol. The number of anilines is 1. The van der Waals surface area contributed by atoms with Gasteiger partial charge in [0.1, 0.15) is 29.3 Å². The molecule has 45 heavy (non-hydrogen) atoms. The normalized spacial score (nSPS) is 25.7. The second-order valence-electron chi connectivity index (χ2n) is 12.8. The van der Waals surface area contributed by atoms with Gasteiger partial charge in [0, 0.05) is 54.4 Å². The predicted octanol–water partition coefficient (Wildman–Crippen LogP) is 4.93. The van der Waals surface area contributed by atoms with E-state index in [2.05, 4.69) is 38.0 Å². The van der Waals surface area contributed by atoms with E-state index in [-0.39, 0.29) is 27.9 Å². The van der Waals surface area contributed by atoms with Crippen molar-refractivity contribution in [1.82, 2.24) is 25.2 Å². The van der Waals surface area contributed by atoms with Gasteiger partial charge in [-0.2, -0.15) is 4.98 Å². The van der Waals surface area contributed by atoms with E-state index in [4.69, 9.17) is 11.2 Å². The fraction of sp³-hybridized carbons (Fsp3) is 0.441. The van der Waals surface area contributed by atoms with Crippen LogP contribution in [-0.2, 0) is 0 Å². The second-order valence-corrected chi connectivity index (χ2v) is 12.8. The molecule has 11 heteroatoms. The van der Waals surface area contributed by atoms with Crippen molar-refractivity contribution in [3.05, 3.63) is 58.1 Å². The molecule has 2 unspecified atom stereocenters. The molecule has 2 N–H and O–H groups in total. The molecule has 4 fully saturated rings. The summed E-state index contributed by atoms with van der Waals surface area (Å²) in [5.41, 5.74) is -0.228. The Labute approximate surface area is 259 Å². The maximum absolute atomic E-state index is 16.1. The van der Waals surface area contributed by atoms with E-state index in [1.165, 1.54) is 32.2 Å². The number of H-pyrrole nitrogens is 1. The monoisotopic (exact) mass is 616 g/mol. The number of fused-ring (bicyclic) bond motifs is 5. The first kappa shape index (κ1) is 29.6. The lowest BCUT2D eigenvalue weighted by atomic mass is 9.95. The first-order valence-corrected chi connectivity index (χ1v) is 15.4. The SMILES string of the molecule is C#Cc1c(F)ccc2cc(OC)cc(-c3ncc4c(N5CC6CCC(C5)N6)nc(=O)[nH]c4c3F)c12.C[C@@]12CCCN1C[C@H](F)C2. The van der Waals surface area contributed by atoms with E-state index in [1.54, 1.807) is 18.2 Å². The number of ether oxygens (including phenoxy) is 1. The third-order valence-corrected chi connectivity index (χ3v) is 9.88. The molecule has 4 saturated heterocycles. The molecule has 0 aliphatic carbocycles. The number of nitrogens with zero attached hydrogens (tertiary/aromatic N) is 4. The lowest BCUT2D eigenvalue weighted by Crippen LogP contribution is -2.51. The number of nitrogens with one attached hydrogen (secondary N) is 2. The van der Waals surface area contributed by atoms with Crippen LogP contribution in [0.5, 0.6) is 5.75 Å². The van der Waals surface area contributed by atoms with Crippen LogP contribution < -0.4 is 20.6 Å². The highest BCUT2D eigenvalue weighted by atomic mass is 19.1. The van der Waals surface area contributed by atoms with Crippen LogP contribution in [0.3, 0.4) is 0 Å². The number of alkyl halides is 1.